The van der Waals surface area contributed by atoms with Gasteiger partial charge in [-0.25, -0.2) is 0 Å². The highest BCUT2D eigenvalue weighted by molar-refractivity contribution is 5.85. The quantitative estimate of drug-likeness (QED) is 0.527. The van der Waals surface area contributed by atoms with E-state index in [0.717, 1.165) is 35.6 Å². The molecule has 0 saturated heterocycles. The first-order valence-corrected chi connectivity index (χ1v) is 8.86. The summed E-state index contributed by atoms with van der Waals surface area (Å²) in [6.45, 7) is 1.64. The molecule has 3 atom stereocenters. The van der Waals surface area contributed by atoms with Crippen LogP contribution in [0.2, 0.25) is 0 Å². The Bertz CT molecular complexity index is 775. The summed E-state index contributed by atoms with van der Waals surface area (Å²) in [5.74, 6) is -0.214. The minimum absolute atomic E-state index is 0.0191. The van der Waals surface area contributed by atoms with Crippen molar-refractivity contribution in [3.05, 3.63) is 30.0 Å². The van der Waals surface area contributed by atoms with Gasteiger partial charge in [-0.2, -0.15) is 0 Å². The number of rotatable bonds is 5. The molecule has 0 radical (unpaired) electrons. The van der Waals surface area contributed by atoms with Gasteiger partial charge in [0.1, 0.15) is 5.75 Å². The molecule has 2 aromatic rings. The van der Waals surface area contributed by atoms with Crippen LogP contribution in [0, 0.1) is 5.92 Å². The molecule has 27 heavy (non-hydrogen) atoms. The SMILES string of the molecule is CC(=O)O.COc1ccc2[nH]cc(CCNC(=O)[C@H]3C[C@@H](N)[C@H](O)C3)c2c1. The number of H-pyrrole nitrogens is 1. The van der Waals surface area contributed by atoms with Crippen LogP contribution in [0.1, 0.15) is 25.3 Å². The summed E-state index contributed by atoms with van der Waals surface area (Å²) in [4.78, 5) is 24.3. The number of aromatic nitrogens is 1. The molecule has 8 nitrogen and oxygen atoms in total. The molecule has 1 aromatic carbocycles. The summed E-state index contributed by atoms with van der Waals surface area (Å²) in [5.41, 5.74) is 7.95. The summed E-state index contributed by atoms with van der Waals surface area (Å²) in [6.07, 6.45) is 3.15. The van der Waals surface area contributed by atoms with Crippen molar-refractivity contribution in [2.75, 3.05) is 13.7 Å². The van der Waals surface area contributed by atoms with Crippen molar-refractivity contribution in [2.45, 2.75) is 38.3 Å². The zero-order chi connectivity index (χ0) is 20.0. The highest BCUT2D eigenvalue weighted by Crippen LogP contribution is 2.25. The van der Waals surface area contributed by atoms with E-state index in [-0.39, 0.29) is 17.9 Å². The Hall–Kier alpha value is -2.58. The second-order valence-electron chi connectivity index (χ2n) is 6.69. The number of hydrogen-bond donors (Lipinski definition) is 5. The van der Waals surface area contributed by atoms with Crippen LogP contribution in [0.3, 0.4) is 0 Å². The van der Waals surface area contributed by atoms with Crippen molar-refractivity contribution in [2.24, 2.45) is 11.7 Å². The number of aliphatic hydroxyl groups is 1. The Morgan fingerprint density at radius 1 is 1.37 bits per heavy atom. The fraction of sp³-hybridized carbons (Fsp3) is 0.474. The van der Waals surface area contributed by atoms with Gasteiger partial charge in [0.05, 0.1) is 13.2 Å². The largest absolute Gasteiger partial charge is 0.497 e. The molecule has 0 bridgehead atoms. The fourth-order valence-corrected chi connectivity index (χ4v) is 3.22. The monoisotopic (exact) mass is 377 g/mol. The first kappa shape index (κ1) is 20.7. The van der Waals surface area contributed by atoms with Crippen LogP contribution in [-0.4, -0.2) is 52.9 Å². The number of nitrogens with one attached hydrogen (secondary N) is 2. The molecule has 1 aromatic heterocycles. The second kappa shape index (κ2) is 9.38. The lowest BCUT2D eigenvalue weighted by molar-refractivity contribution is -0.134. The van der Waals surface area contributed by atoms with Gasteiger partial charge in [-0.1, -0.05) is 0 Å². The lowest BCUT2D eigenvalue weighted by Gasteiger charge is -2.10. The van der Waals surface area contributed by atoms with E-state index in [2.05, 4.69) is 10.3 Å². The van der Waals surface area contributed by atoms with Crippen molar-refractivity contribution in [1.29, 1.82) is 0 Å². The molecule has 0 aliphatic heterocycles. The van der Waals surface area contributed by atoms with Crippen molar-refractivity contribution in [3.8, 4) is 5.75 Å². The van der Waals surface area contributed by atoms with Gasteiger partial charge in [0.2, 0.25) is 5.91 Å². The smallest absolute Gasteiger partial charge is 0.300 e. The fourth-order valence-electron chi connectivity index (χ4n) is 3.22. The predicted octanol–water partition coefficient (Wildman–Crippen LogP) is 1.02. The van der Waals surface area contributed by atoms with Gasteiger partial charge in [0, 0.05) is 42.5 Å². The molecule has 0 unspecified atom stereocenters. The highest BCUT2D eigenvalue weighted by atomic mass is 16.5. The molecular weight excluding hydrogens is 350 g/mol. The number of carboxylic acid groups (broad SMARTS) is 1. The average Bonchev–Trinajstić information content (AvgIpc) is 3.17. The average molecular weight is 377 g/mol. The molecule has 6 N–H and O–H groups in total. The summed E-state index contributed by atoms with van der Waals surface area (Å²) in [5, 5.41) is 21.1. The molecule has 3 rings (SSSR count). The van der Waals surface area contributed by atoms with Gasteiger partial charge >= 0.3 is 0 Å². The summed E-state index contributed by atoms with van der Waals surface area (Å²) in [6, 6.07) is 5.61. The van der Waals surface area contributed by atoms with Gasteiger partial charge < -0.3 is 31.0 Å². The van der Waals surface area contributed by atoms with Crippen molar-refractivity contribution in [3.63, 3.8) is 0 Å². The highest BCUT2D eigenvalue weighted by Gasteiger charge is 2.34. The van der Waals surface area contributed by atoms with Crippen LogP contribution in [0.25, 0.3) is 10.9 Å². The number of hydrogen-bond acceptors (Lipinski definition) is 5. The van der Waals surface area contributed by atoms with Crippen LogP contribution in [-0.2, 0) is 16.0 Å². The zero-order valence-corrected chi connectivity index (χ0v) is 15.6. The molecule has 1 saturated carbocycles. The molecule has 1 aliphatic rings. The number of fused-ring (bicyclic) bond motifs is 1. The molecule has 1 heterocycles. The van der Waals surface area contributed by atoms with Gasteiger partial charge in [-0.3, -0.25) is 9.59 Å². The molecule has 1 amide bonds. The topological polar surface area (TPSA) is 138 Å². The van der Waals surface area contributed by atoms with Crippen LogP contribution >= 0.6 is 0 Å². The maximum Gasteiger partial charge on any atom is 0.300 e. The Kier molecular flexibility index (Phi) is 7.20. The first-order valence-electron chi connectivity index (χ1n) is 8.86. The predicted molar refractivity (Wildman–Crippen MR) is 102 cm³/mol. The summed E-state index contributed by atoms with van der Waals surface area (Å²) in [7, 11) is 1.65. The maximum absolute atomic E-state index is 12.1. The third-order valence-electron chi connectivity index (χ3n) is 4.62. The van der Waals surface area contributed by atoms with Gasteiger partial charge in [-0.15, -0.1) is 0 Å². The van der Waals surface area contributed by atoms with E-state index in [4.69, 9.17) is 20.4 Å². The minimum atomic E-state index is -0.833. The van der Waals surface area contributed by atoms with Crippen LogP contribution < -0.4 is 15.8 Å². The molecule has 148 valence electrons. The Labute approximate surface area is 157 Å². The Balaban J connectivity index is 0.000000596. The van der Waals surface area contributed by atoms with Gasteiger partial charge in [0.25, 0.3) is 5.97 Å². The zero-order valence-electron chi connectivity index (χ0n) is 15.6. The Morgan fingerprint density at radius 2 is 2.07 bits per heavy atom. The standard InChI is InChI=1S/C17H23N3O3.C2H4O2/c1-23-12-2-3-15-13(8-12)10(9-20-15)4-5-19-17(22)11-6-14(18)16(21)7-11;1-2(3)4/h2-3,8-9,11,14,16,20-21H,4-7,18H2,1H3,(H,19,22);1H3,(H,3,4)/t11-,14+,16+;/m0./s1. The van der Waals surface area contributed by atoms with Crippen molar-refractivity contribution >= 4 is 22.8 Å². The number of amides is 1. The number of aliphatic hydroxyl groups excluding tert-OH is 1. The lowest BCUT2D eigenvalue weighted by Crippen LogP contribution is -2.32. The third-order valence-corrected chi connectivity index (χ3v) is 4.62. The summed E-state index contributed by atoms with van der Waals surface area (Å²) < 4.78 is 5.26. The summed E-state index contributed by atoms with van der Waals surface area (Å²) >= 11 is 0. The van der Waals surface area contributed by atoms with E-state index in [1.807, 2.05) is 24.4 Å². The lowest BCUT2D eigenvalue weighted by atomic mass is 10.1. The van der Waals surface area contributed by atoms with E-state index in [9.17, 15) is 9.90 Å². The van der Waals surface area contributed by atoms with E-state index in [1.165, 1.54) is 0 Å². The van der Waals surface area contributed by atoms with Crippen LogP contribution in [0.5, 0.6) is 5.75 Å². The van der Waals surface area contributed by atoms with E-state index < -0.39 is 12.1 Å². The number of carboxylic acids is 1. The normalized spacial score (nSPS) is 21.4. The maximum atomic E-state index is 12.1. The van der Waals surface area contributed by atoms with Crippen LogP contribution in [0.15, 0.2) is 24.4 Å². The van der Waals surface area contributed by atoms with E-state index in [0.29, 0.717) is 19.4 Å². The number of aromatic amines is 1. The number of nitrogens with two attached hydrogens (primary N) is 1. The number of benzene rings is 1. The number of carbonyl (C=O) groups excluding carboxylic acids is 1. The number of ether oxygens (including phenoxy) is 1. The second-order valence-corrected chi connectivity index (χ2v) is 6.69. The number of carbonyl (C=O) groups is 2. The molecular formula is C19H27N3O5. The number of methoxy groups -OCH3 is 1. The van der Waals surface area contributed by atoms with E-state index >= 15 is 0 Å². The van der Waals surface area contributed by atoms with E-state index in [1.54, 1.807) is 7.11 Å². The molecule has 0 spiro atoms. The van der Waals surface area contributed by atoms with Crippen molar-refractivity contribution in [1.82, 2.24) is 10.3 Å². The Morgan fingerprint density at radius 3 is 2.67 bits per heavy atom. The first-order chi connectivity index (χ1) is 12.8. The molecule has 1 aliphatic carbocycles. The van der Waals surface area contributed by atoms with Crippen molar-refractivity contribution < 1.29 is 24.5 Å². The van der Waals surface area contributed by atoms with Gasteiger partial charge in [0.15, 0.2) is 0 Å². The third kappa shape index (κ3) is 5.70. The van der Waals surface area contributed by atoms with Gasteiger partial charge in [-0.05, 0) is 43.0 Å². The number of aliphatic carboxylic acids is 1. The van der Waals surface area contributed by atoms with Crippen LogP contribution in [0.4, 0.5) is 0 Å². The molecule has 1 fully saturated rings. The molecule has 8 heteroatoms. The minimum Gasteiger partial charge on any atom is -0.497 e.